The summed E-state index contributed by atoms with van der Waals surface area (Å²) < 4.78 is 19.4. The predicted molar refractivity (Wildman–Crippen MR) is 164 cm³/mol. The second-order valence-electron chi connectivity index (χ2n) is 18.1. The van der Waals surface area contributed by atoms with Crippen LogP contribution in [-0.2, 0) is 14.2 Å². The van der Waals surface area contributed by atoms with Crippen LogP contribution >= 0.6 is 0 Å². The maximum Gasteiger partial charge on any atom is 0.186 e. The van der Waals surface area contributed by atoms with Crippen molar-refractivity contribution < 1.29 is 39.7 Å². The van der Waals surface area contributed by atoms with Crippen LogP contribution in [0.2, 0.25) is 0 Å². The molecule has 5 N–H and O–H groups in total. The molecular formula is C36H58O8. The summed E-state index contributed by atoms with van der Waals surface area (Å²) in [6, 6.07) is 0. The van der Waals surface area contributed by atoms with Gasteiger partial charge in [-0.15, -0.1) is 0 Å². The highest BCUT2D eigenvalue weighted by Gasteiger charge is 2.79. The molecule has 2 bridgehead atoms. The van der Waals surface area contributed by atoms with Crippen molar-refractivity contribution in [3.05, 3.63) is 12.2 Å². The van der Waals surface area contributed by atoms with Gasteiger partial charge in [0, 0.05) is 22.2 Å². The quantitative estimate of drug-likeness (QED) is 0.238. The van der Waals surface area contributed by atoms with Crippen molar-refractivity contribution in [3.63, 3.8) is 0 Å². The number of hydrogen-bond donors (Lipinski definition) is 5. The second-order valence-corrected chi connectivity index (χ2v) is 18.1. The van der Waals surface area contributed by atoms with Crippen LogP contribution in [0.15, 0.2) is 12.2 Å². The standard InChI is InChI=1S/C36H58O8/c1-20-26(39)27(40)28(41)29(43-20)44-25-10-11-31(4)21(32(25,5)18-37)8-12-33(6)22(31)9-13-36-23-16-30(2,3)14-15-35(23,19-42-36)24(38)17-34(33,36)7/h9,13,20-29,37-41H,8,10-12,14-19H2,1-7H3/t20-,21+,22-,23+,24+,25+,26+,27+,28-,29+,31+,32+,33-,34+,35-,36+/m1/s1. The van der Waals surface area contributed by atoms with Gasteiger partial charge < -0.3 is 39.7 Å². The Bertz CT molecular complexity index is 1190. The molecule has 0 aromatic heterocycles. The molecule has 0 unspecified atom stereocenters. The van der Waals surface area contributed by atoms with E-state index >= 15 is 0 Å². The lowest BCUT2D eigenvalue weighted by molar-refractivity contribution is -0.329. The average molecular weight is 619 g/mol. The summed E-state index contributed by atoms with van der Waals surface area (Å²) in [6.45, 7) is 16.4. The Morgan fingerprint density at radius 1 is 0.841 bits per heavy atom. The largest absolute Gasteiger partial charge is 0.396 e. The van der Waals surface area contributed by atoms with Crippen LogP contribution in [-0.4, -0.2) is 87.3 Å². The molecule has 2 aliphatic heterocycles. The van der Waals surface area contributed by atoms with Crippen LogP contribution in [0, 0.1) is 50.2 Å². The molecule has 2 saturated heterocycles. The van der Waals surface area contributed by atoms with Crippen LogP contribution in [0.4, 0.5) is 0 Å². The first-order chi connectivity index (χ1) is 20.4. The first kappa shape index (κ1) is 32.0. The molecule has 2 heterocycles. The van der Waals surface area contributed by atoms with Gasteiger partial charge in [-0.3, -0.25) is 0 Å². The molecule has 0 radical (unpaired) electrons. The molecule has 6 fully saturated rings. The van der Waals surface area contributed by atoms with Gasteiger partial charge in [0.15, 0.2) is 6.29 Å². The zero-order valence-electron chi connectivity index (χ0n) is 28.0. The predicted octanol–water partition coefficient (Wildman–Crippen LogP) is 3.95. The summed E-state index contributed by atoms with van der Waals surface area (Å²) in [5.74, 6) is 0.695. The summed E-state index contributed by atoms with van der Waals surface area (Å²) in [7, 11) is 0. The first-order valence-corrected chi connectivity index (χ1v) is 17.4. The molecule has 8 nitrogen and oxygen atoms in total. The lowest BCUT2D eigenvalue weighted by Gasteiger charge is -2.73. The van der Waals surface area contributed by atoms with E-state index < -0.39 is 36.1 Å². The van der Waals surface area contributed by atoms with Crippen molar-refractivity contribution in [2.75, 3.05) is 13.2 Å². The number of hydrogen-bond acceptors (Lipinski definition) is 8. The summed E-state index contributed by atoms with van der Waals surface area (Å²) in [5, 5.41) is 54.4. The summed E-state index contributed by atoms with van der Waals surface area (Å²) in [4.78, 5) is 0. The Balaban J connectivity index is 1.23. The van der Waals surface area contributed by atoms with Crippen LogP contribution in [0.5, 0.6) is 0 Å². The molecule has 0 aromatic carbocycles. The minimum atomic E-state index is -1.37. The molecule has 0 aromatic rings. The Morgan fingerprint density at radius 3 is 2.27 bits per heavy atom. The van der Waals surface area contributed by atoms with Crippen LogP contribution in [0.1, 0.15) is 99.8 Å². The van der Waals surface area contributed by atoms with Crippen molar-refractivity contribution in [2.24, 2.45) is 50.2 Å². The Labute approximate surface area is 263 Å². The molecular weight excluding hydrogens is 560 g/mol. The number of aliphatic hydroxyl groups is 5. The number of allylic oxidation sites excluding steroid dienone is 1. The summed E-state index contributed by atoms with van der Waals surface area (Å²) >= 11 is 0. The molecule has 7 aliphatic rings. The molecule has 7 rings (SSSR count). The van der Waals surface area contributed by atoms with E-state index in [1.54, 1.807) is 6.92 Å². The maximum atomic E-state index is 12.0. The van der Waals surface area contributed by atoms with Gasteiger partial charge in [0.1, 0.15) is 18.3 Å². The van der Waals surface area contributed by atoms with Crippen LogP contribution in [0.25, 0.3) is 0 Å². The smallest absolute Gasteiger partial charge is 0.186 e. The molecule has 44 heavy (non-hydrogen) atoms. The van der Waals surface area contributed by atoms with E-state index in [-0.39, 0.29) is 63.3 Å². The van der Waals surface area contributed by atoms with Crippen LogP contribution in [0.3, 0.4) is 0 Å². The van der Waals surface area contributed by atoms with Crippen molar-refractivity contribution in [1.82, 2.24) is 0 Å². The third-order valence-electron chi connectivity index (χ3n) is 15.8. The van der Waals surface area contributed by atoms with E-state index in [1.807, 2.05) is 0 Å². The normalized spacial score (nSPS) is 61.0. The number of rotatable bonds is 3. The van der Waals surface area contributed by atoms with Gasteiger partial charge in [-0.1, -0.05) is 53.7 Å². The second kappa shape index (κ2) is 9.74. The van der Waals surface area contributed by atoms with E-state index in [0.717, 1.165) is 44.9 Å². The Hall–Kier alpha value is -0.580. The fraction of sp³-hybridized carbons (Fsp3) is 0.944. The van der Waals surface area contributed by atoms with E-state index in [1.165, 1.54) is 0 Å². The van der Waals surface area contributed by atoms with Gasteiger partial charge in [0.2, 0.25) is 0 Å². The number of ether oxygens (including phenoxy) is 3. The van der Waals surface area contributed by atoms with Crippen molar-refractivity contribution in [1.29, 1.82) is 0 Å². The molecule has 0 amide bonds. The highest BCUT2D eigenvalue weighted by molar-refractivity contribution is 5.36. The number of aliphatic hydroxyl groups excluding tert-OH is 5. The monoisotopic (exact) mass is 618 g/mol. The summed E-state index contributed by atoms with van der Waals surface area (Å²) in [5.41, 5.74) is -1.36. The highest BCUT2D eigenvalue weighted by atomic mass is 16.7. The molecule has 5 aliphatic carbocycles. The van der Waals surface area contributed by atoms with E-state index in [4.69, 9.17) is 14.2 Å². The highest BCUT2D eigenvalue weighted by Crippen LogP contribution is 2.79. The molecule has 4 saturated carbocycles. The Morgan fingerprint density at radius 2 is 1.57 bits per heavy atom. The van der Waals surface area contributed by atoms with Crippen molar-refractivity contribution >= 4 is 0 Å². The summed E-state index contributed by atoms with van der Waals surface area (Å²) in [6.07, 6.45) is 5.98. The van der Waals surface area contributed by atoms with Crippen molar-refractivity contribution in [2.45, 2.75) is 148 Å². The third kappa shape index (κ3) is 3.75. The van der Waals surface area contributed by atoms with Gasteiger partial charge in [-0.05, 0) is 86.4 Å². The third-order valence-corrected chi connectivity index (χ3v) is 15.8. The van der Waals surface area contributed by atoms with Crippen LogP contribution < -0.4 is 0 Å². The fourth-order valence-corrected chi connectivity index (χ4v) is 12.8. The average Bonchev–Trinajstić information content (AvgIpc) is 3.24. The SMILES string of the molecule is C[C@H]1O[C@@H](O[C@H]2CC[C@@]3(C)[C@H](CC[C@]4(C)[C@@H]3C=C[C@]35OC[C@@]6(CCC(C)(C)C[C@@H]63)[C@@H](O)C[C@]54C)[C@]2(C)CO)[C@H](O)[C@@H](O)[C@H]1O. The van der Waals surface area contributed by atoms with Gasteiger partial charge in [-0.2, -0.15) is 0 Å². The van der Waals surface area contributed by atoms with Gasteiger partial charge in [-0.25, -0.2) is 0 Å². The van der Waals surface area contributed by atoms with Gasteiger partial charge >= 0.3 is 0 Å². The van der Waals surface area contributed by atoms with Gasteiger partial charge in [0.25, 0.3) is 0 Å². The van der Waals surface area contributed by atoms with Gasteiger partial charge in [0.05, 0.1) is 37.1 Å². The van der Waals surface area contributed by atoms with E-state index in [0.29, 0.717) is 18.9 Å². The topological polar surface area (TPSA) is 129 Å². The zero-order chi connectivity index (χ0) is 31.9. The molecule has 250 valence electrons. The van der Waals surface area contributed by atoms with Crippen molar-refractivity contribution in [3.8, 4) is 0 Å². The zero-order valence-corrected chi connectivity index (χ0v) is 28.0. The molecule has 16 atom stereocenters. The maximum absolute atomic E-state index is 12.0. The lowest BCUT2D eigenvalue weighted by Crippen LogP contribution is -2.72. The van der Waals surface area contributed by atoms with E-state index in [2.05, 4.69) is 53.7 Å². The van der Waals surface area contributed by atoms with E-state index in [9.17, 15) is 25.5 Å². The molecule has 8 heteroatoms. The number of fused-ring (bicyclic) bond motifs is 4. The Kier molecular flexibility index (Phi) is 7.08. The fourth-order valence-electron chi connectivity index (χ4n) is 12.8. The molecule has 1 spiro atoms. The first-order valence-electron chi connectivity index (χ1n) is 17.4. The minimum absolute atomic E-state index is 0.0582. The minimum Gasteiger partial charge on any atom is -0.396 e. The lowest BCUT2D eigenvalue weighted by atomic mass is 9.32.